The minimum atomic E-state index is -3.40. The first kappa shape index (κ1) is 15.9. The molecular weight excluding hydrogens is 294 g/mol. The fourth-order valence-electron chi connectivity index (χ4n) is 2.57. The van der Waals surface area contributed by atoms with Gasteiger partial charge in [0, 0.05) is 19.1 Å². The second-order valence-corrected chi connectivity index (χ2v) is 7.94. The van der Waals surface area contributed by atoms with E-state index in [9.17, 15) is 8.42 Å². The van der Waals surface area contributed by atoms with Crippen LogP contribution in [0.1, 0.15) is 25.3 Å². The Labute approximate surface area is 125 Å². The van der Waals surface area contributed by atoms with Crippen LogP contribution in [-0.2, 0) is 16.6 Å². The van der Waals surface area contributed by atoms with Crippen LogP contribution >= 0.6 is 11.3 Å². The third kappa shape index (κ3) is 4.26. The molecule has 2 heterocycles. The Kier molecular flexibility index (Phi) is 5.57. The van der Waals surface area contributed by atoms with E-state index >= 15 is 0 Å². The number of nitrogens with two attached hydrogens (primary N) is 1. The average Bonchev–Trinajstić information content (AvgIpc) is 2.91. The van der Waals surface area contributed by atoms with Crippen LogP contribution in [0.4, 0.5) is 0 Å². The van der Waals surface area contributed by atoms with Gasteiger partial charge in [-0.25, -0.2) is 0 Å². The molecule has 1 aromatic heterocycles. The van der Waals surface area contributed by atoms with Crippen LogP contribution in [-0.4, -0.2) is 38.4 Å². The van der Waals surface area contributed by atoms with Crippen LogP contribution in [0.2, 0.25) is 0 Å². The summed E-state index contributed by atoms with van der Waals surface area (Å²) < 4.78 is 29.0. The van der Waals surface area contributed by atoms with Crippen molar-refractivity contribution in [2.45, 2.75) is 32.2 Å². The lowest BCUT2D eigenvalue weighted by Crippen LogP contribution is -2.49. The summed E-state index contributed by atoms with van der Waals surface area (Å²) in [4.78, 5) is 0. The number of rotatable bonds is 6. The summed E-state index contributed by atoms with van der Waals surface area (Å²) in [7, 11) is -3.40. The van der Waals surface area contributed by atoms with Gasteiger partial charge in [-0.2, -0.15) is 28.8 Å². The van der Waals surface area contributed by atoms with Crippen molar-refractivity contribution in [1.29, 1.82) is 0 Å². The van der Waals surface area contributed by atoms with E-state index in [1.807, 2.05) is 18.4 Å². The Hall–Kier alpha value is -0.470. The monoisotopic (exact) mass is 317 g/mol. The number of piperidine rings is 1. The molecule has 0 amide bonds. The maximum Gasteiger partial charge on any atom is 0.279 e. The molecule has 2 unspecified atom stereocenters. The van der Waals surface area contributed by atoms with Gasteiger partial charge in [0.05, 0.1) is 0 Å². The van der Waals surface area contributed by atoms with Crippen LogP contribution in [0.3, 0.4) is 0 Å². The van der Waals surface area contributed by atoms with Gasteiger partial charge in [-0.1, -0.05) is 0 Å². The molecular formula is C13H23N3O2S2. The first-order valence-electron chi connectivity index (χ1n) is 7.00. The van der Waals surface area contributed by atoms with Crippen molar-refractivity contribution in [3.63, 3.8) is 0 Å². The minimum absolute atomic E-state index is 0.104. The third-order valence-corrected chi connectivity index (χ3v) is 6.07. The van der Waals surface area contributed by atoms with Crippen molar-refractivity contribution in [2.24, 2.45) is 11.7 Å². The summed E-state index contributed by atoms with van der Waals surface area (Å²) >= 11 is 1.63. The Morgan fingerprint density at radius 3 is 3.05 bits per heavy atom. The van der Waals surface area contributed by atoms with E-state index in [0.29, 0.717) is 19.6 Å². The van der Waals surface area contributed by atoms with Gasteiger partial charge in [-0.3, -0.25) is 0 Å². The highest BCUT2D eigenvalue weighted by atomic mass is 32.2. The van der Waals surface area contributed by atoms with Gasteiger partial charge in [-0.05, 0) is 61.0 Å². The lowest BCUT2D eigenvalue weighted by Gasteiger charge is -2.32. The van der Waals surface area contributed by atoms with E-state index < -0.39 is 10.2 Å². The van der Waals surface area contributed by atoms with Crippen LogP contribution in [0, 0.1) is 5.92 Å². The number of nitrogens with one attached hydrogen (secondary N) is 1. The van der Waals surface area contributed by atoms with E-state index in [1.165, 1.54) is 9.87 Å². The van der Waals surface area contributed by atoms with Gasteiger partial charge in [0.2, 0.25) is 0 Å². The van der Waals surface area contributed by atoms with E-state index in [-0.39, 0.29) is 12.0 Å². The van der Waals surface area contributed by atoms with Crippen molar-refractivity contribution >= 4 is 21.5 Å². The molecule has 114 valence electrons. The zero-order valence-corrected chi connectivity index (χ0v) is 13.4. The van der Waals surface area contributed by atoms with Crippen molar-refractivity contribution in [1.82, 2.24) is 9.03 Å². The summed E-state index contributed by atoms with van der Waals surface area (Å²) in [5.41, 5.74) is 6.83. The van der Waals surface area contributed by atoms with Gasteiger partial charge in [0.15, 0.2) is 0 Å². The van der Waals surface area contributed by atoms with Gasteiger partial charge in [0.1, 0.15) is 0 Å². The van der Waals surface area contributed by atoms with E-state index in [0.717, 1.165) is 19.3 Å². The van der Waals surface area contributed by atoms with E-state index in [2.05, 4.69) is 10.1 Å². The molecule has 20 heavy (non-hydrogen) atoms. The summed E-state index contributed by atoms with van der Waals surface area (Å²) in [6.45, 7) is 3.59. The summed E-state index contributed by atoms with van der Waals surface area (Å²) in [6, 6.07) is 1.92. The largest absolute Gasteiger partial charge is 0.330 e. The fourth-order valence-corrected chi connectivity index (χ4v) is 4.77. The highest BCUT2D eigenvalue weighted by molar-refractivity contribution is 7.87. The summed E-state index contributed by atoms with van der Waals surface area (Å²) in [6.07, 6.45) is 2.63. The normalized spacial score (nSPS) is 22.8. The van der Waals surface area contributed by atoms with Crippen molar-refractivity contribution in [2.75, 3.05) is 19.6 Å². The molecule has 0 saturated carbocycles. The molecule has 2 rings (SSSR count). The molecule has 2 atom stereocenters. The molecule has 3 N–H and O–H groups in total. The smallest absolute Gasteiger partial charge is 0.279 e. The highest BCUT2D eigenvalue weighted by Crippen LogP contribution is 2.18. The summed E-state index contributed by atoms with van der Waals surface area (Å²) in [5, 5.41) is 4.06. The first-order chi connectivity index (χ1) is 9.51. The van der Waals surface area contributed by atoms with Gasteiger partial charge in [0.25, 0.3) is 10.2 Å². The molecule has 0 aliphatic carbocycles. The van der Waals surface area contributed by atoms with Gasteiger partial charge < -0.3 is 5.73 Å². The number of hydrogen-bond acceptors (Lipinski definition) is 4. The van der Waals surface area contributed by atoms with Crippen molar-refractivity contribution in [3.05, 3.63) is 22.4 Å². The predicted octanol–water partition coefficient (Wildman–Crippen LogP) is 1.18. The molecule has 1 aliphatic heterocycles. The Morgan fingerprint density at radius 2 is 2.40 bits per heavy atom. The average molecular weight is 317 g/mol. The molecule has 1 aliphatic rings. The fraction of sp³-hybridized carbons (Fsp3) is 0.692. The van der Waals surface area contributed by atoms with Crippen molar-refractivity contribution < 1.29 is 8.42 Å². The maximum atomic E-state index is 12.4. The molecule has 0 spiro atoms. The molecule has 7 heteroatoms. The molecule has 1 aromatic rings. The molecule has 0 aromatic carbocycles. The topological polar surface area (TPSA) is 75.4 Å². The SMILES string of the molecule is CC(Cc1ccsc1)NS(=O)(=O)N1CCCC(CN)C1. The van der Waals surface area contributed by atoms with Crippen LogP contribution < -0.4 is 10.5 Å². The first-order valence-corrected chi connectivity index (χ1v) is 9.38. The Morgan fingerprint density at radius 1 is 1.60 bits per heavy atom. The van der Waals surface area contributed by atoms with E-state index in [1.54, 1.807) is 11.3 Å². The second-order valence-electron chi connectivity index (χ2n) is 5.46. The molecule has 1 fully saturated rings. The Balaban J connectivity index is 1.92. The van der Waals surface area contributed by atoms with E-state index in [4.69, 9.17) is 5.73 Å². The number of nitrogens with zero attached hydrogens (tertiary/aromatic N) is 1. The maximum absolute atomic E-state index is 12.4. The van der Waals surface area contributed by atoms with Crippen LogP contribution in [0.25, 0.3) is 0 Å². The lowest BCUT2D eigenvalue weighted by atomic mass is 10.0. The van der Waals surface area contributed by atoms with Gasteiger partial charge >= 0.3 is 0 Å². The summed E-state index contributed by atoms with van der Waals surface area (Å²) in [5.74, 6) is 0.285. The molecule has 0 radical (unpaired) electrons. The molecule has 5 nitrogen and oxygen atoms in total. The minimum Gasteiger partial charge on any atom is -0.330 e. The highest BCUT2D eigenvalue weighted by Gasteiger charge is 2.29. The zero-order valence-electron chi connectivity index (χ0n) is 11.8. The van der Waals surface area contributed by atoms with Crippen LogP contribution in [0.15, 0.2) is 16.8 Å². The molecule has 0 bridgehead atoms. The second kappa shape index (κ2) is 7.00. The number of thiophene rings is 1. The van der Waals surface area contributed by atoms with Crippen LogP contribution in [0.5, 0.6) is 0 Å². The quantitative estimate of drug-likeness (QED) is 0.827. The zero-order chi connectivity index (χ0) is 14.6. The standard InChI is InChI=1S/C13H23N3O2S2/c1-11(7-12-4-6-19-10-12)15-20(17,18)16-5-2-3-13(8-14)9-16/h4,6,10-11,13,15H,2-3,5,7-9,14H2,1H3. The Bertz CT molecular complexity index is 502. The lowest BCUT2D eigenvalue weighted by molar-refractivity contribution is 0.267. The van der Waals surface area contributed by atoms with Crippen molar-refractivity contribution in [3.8, 4) is 0 Å². The van der Waals surface area contributed by atoms with Gasteiger partial charge in [-0.15, -0.1) is 0 Å². The third-order valence-electron chi connectivity index (χ3n) is 3.63. The number of hydrogen-bond donors (Lipinski definition) is 2. The molecule has 1 saturated heterocycles. The predicted molar refractivity (Wildman–Crippen MR) is 82.9 cm³/mol.